The number of aromatic nitrogens is 3. The number of nitrogens with one attached hydrogen (secondary N) is 1. The van der Waals surface area contributed by atoms with Crippen molar-refractivity contribution in [3.63, 3.8) is 0 Å². The van der Waals surface area contributed by atoms with Crippen molar-refractivity contribution in [2.75, 3.05) is 5.75 Å². The Morgan fingerprint density at radius 3 is 2.64 bits per heavy atom. The molecule has 7 nitrogen and oxygen atoms in total. The summed E-state index contributed by atoms with van der Waals surface area (Å²) in [4.78, 5) is 16.6. The lowest BCUT2D eigenvalue weighted by molar-refractivity contribution is -0.274. The van der Waals surface area contributed by atoms with E-state index < -0.39 is 6.36 Å². The molecule has 12 heteroatoms. The van der Waals surface area contributed by atoms with E-state index in [0.717, 1.165) is 27.0 Å². The van der Waals surface area contributed by atoms with E-state index in [0.29, 0.717) is 24.3 Å². The van der Waals surface area contributed by atoms with Crippen LogP contribution in [0, 0.1) is 0 Å². The van der Waals surface area contributed by atoms with E-state index in [1.165, 1.54) is 24.3 Å². The number of halogens is 3. The van der Waals surface area contributed by atoms with E-state index in [1.54, 1.807) is 11.3 Å². The minimum absolute atomic E-state index is 0.0643. The summed E-state index contributed by atoms with van der Waals surface area (Å²) in [5, 5.41) is 11.9. The van der Waals surface area contributed by atoms with Crippen LogP contribution in [0.3, 0.4) is 0 Å². The minimum atomic E-state index is -4.74. The molecule has 0 saturated heterocycles. The molecule has 0 unspecified atom stereocenters. The summed E-state index contributed by atoms with van der Waals surface area (Å²) in [5.41, 5.74) is 1.61. The molecule has 0 fully saturated rings. The van der Waals surface area contributed by atoms with Gasteiger partial charge in [0.05, 0.1) is 21.0 Å². The second-order valence-electron chi connectivity index (χ2n) is 6.79. The van der Waals surface area contributed by atoms with Gasteiger partial charge in [0.25, 0.3) is 5.22 Å². The molecule has 4 rings (SSSR count). The predicted molar refractivity (Wildman–Crippen MR) is 117 cm³/mol. The van der Waals surface area contributed by atoms with Gasteiger partial charge >= 0.3 is 6.36 Å². The summed E-state index contributed by atoms with van der Waals surface area (Å²) in [6.07, 6.45) is -3.51. The van der Waals surface area contributed by atoms with Gasteiger partial charge in [0.15, 0.2) is 0 Å². The van der Waals surface area contributed by atoms with Gasteiger partial charge in [-0.1, -0.05) is 36.0 Å². The number of hydrogen-bond acceptors (Lipinski definition) is 8. The Morgan fingerprint density at radius 1 is 1.09 bits per heavy atom. The summed E-state index contributed by atoms with van der Waals surface area (Å²) < 4.78 is 47.1. The molecule has 33 heavy (non-hydrogen) atoms. The highest BCUT2D eigenvalue weighted by atomic mass is 32.2. The topological polar surface area (TPSA) is 90.1 Å². The van der Waals surface area contributed by atoms with Crippen LogP contribution in [-0.4, -0.2) is 33.2 Å². The molecule has 2 aromatic carbocycles. The first-order valence-corrected chi connectivity index (χ1v) is 11.6. The Bertz CT molecular complexity index is 1190. The molecule has 0 spiro atoms. The average molecular weight is 495 g/mol. The number of amides is 1. The Kier molecular flexibility index (Phi) is 7.14. The fourth-order valence-electron chi connectivity index (χ4n) is 2.83. The van der Waals surface area contributed by atoms with Crippen molar-refractivity contribution in [2.45, 2.75) is 31.0 Å². The summed E-state index contributed by atoms with van der Waals surface area (Å²) in [5.74, 6) is -0.0546. The molecule has 0 aliphatic heterocycles. The van der Waals surface area contributed by atoms with Gasteiger partial charge in [0, 0.05) is 19.4 Å². The second kappa shape index (κ2) is 10.2. The quantitative estimate of drug-likeness (QED) is 0.335. The van der Waals surface area contributed by atoms with Crippen molar-refractivity contribution >= 4 is 39.2 Å². The Labute approximate surface area is 194 Å². The zero-order valence-corrected chi connectivity index (χ0v) is 18.6. The minimum Gasteiger partial charge on any atom is -0.416 e. The van der Waals surface area contributed by atoms with Crippen molar-refractivity contribution in [3.05, 3.63) is 65.0 Å². The molecule has 0 radical (unpaired) electrons. The van der Waals surface area contributed by atoms with Crippen molar-refractivity contribution in [1.82, 2.24) is 20.5 Å². The van der Waals surface area contributed by atoms with Crippen molar-refractivity contribution in [2.24, 2.45) is 0 Å². The molecular formula is C21H17F3N4O3S2. The van der Waals surface area contributed by atoms with Crippen molar-refractivity contribution < 1.29 is 27.1 Å². The van der Waals surface area contributed by atoms with Crippen LogP contribution < -0.4 is 10.1 Å². The number of thiazole rings is 1. The zero-order valence-electron chi connectivity index (χ0n) is 17.0. The number of hydrogen-bond donors (Lipinski definition) is 1. The van der Waals surface area contributed by atoms with Crippen molar-refractivity contribution in [3.8, 4) is 5.75 Å². The lowest BCUT2D eigenvalue weighted by Gasteiger charge is -2.09. The fourth-order valence-corrected chi connectivity index (χ4v) is 4.40. The number of rotatable bonds is 9. The molecule has 2 heterocycles. The van der Waals surface area contributed by atoms with E-state index in [4.69, 9.17) is 4.42 Å². The van der Waals surface area contributed by atoms with E-state index in [-0.39, 0.29) is 29.2 Å². The van der Waals surface area contributed by atoms with Crippen LogP contribution in [0.15, 0.2) is 58.2 Å². The standard InChI is InChI=1S/C21H17F3N4O3S2/c22-21(23,24)31-14-7-5-13(6-8-14)11-25-17(29)12-32-20-28-27-18(30-20)9-10-19-26-15-3-1-2-4-16(15)33-19/h1-8H,9-12H2,(H,25,29). The molecule has 0 saturated carbocycles. The summed E-state index contributed by atoms with van der Waals surface area (Å²) in [6, 6.07) is 13.2. The van der Waals surface area contributed by atoms with Crippen LogP contribution in [0.5, 0.6) is 5.75 Å². The predicted octanol–water partition coefficient (Wildman–Crippen LogP) is 4.77. The Morgan fingerprint density at radius 2 is 1.88 bits per heavy atom. The molecule has 1 amide bonds. The zero-order chi connectivity index (χ0) is 23.3. The SMILES string of the molecule is O=C(CSc1nnc(CCc2nc3ccccc3s2)o1)NCc1ccc(OC(F)(F)F)cc1. The average Bonchev–Trinajstić information content (AvgIpc) is 3.41. The Balaban J connectivity index is 1.19. The maximum absolute atomic E-state index is 12.2. The first kappa shape index (κ1) is 23.1. The molecule has 0 aliphatic rings. The van der Waals surface area contributed by atoms with Crippen LogP contribution >= 0.6 is 23.1 Å². The van der Waals surface area contributed by atoms with Gasteiger partial charge in [0.2, 0.25) is 11.8 Å². The van der Waals surface area contributed by atoms with Crippen LogP contribution in [0.4, 0.5) is 13.2 Å². The number of fused-ring (bicyclic) bond motifs is 1. The van der Waals surface area contributed by atoms with Gasteiger partial charge in [-0.2, -0.15) is 0 Å². The highest BCUT2D eigenvalue weighted by Crippen LogP contribution is 2.24. The third-order valence-corrected chi connectivity index (χ3v) is 6.23. The van der Waals surface area contributed by atoms with Gasteiger partial charge in [-0.25, -0.2) is 4.98 Å². The van der Waals surface area contributed by atoms with E-state index in [9.17, 15) is 18.0 Å². The second-order valence-corrected chi connectivity index (χ2v) is 8.84. The normalized spacial score (nSPS) is 11.6. The number of alkyl halides is 3. The molecule has 4 aromatic rings. The number of ether oxygens (including phenoxy) is 1. The van der Waals surface area contributed by atoms with Gasteiger partial charge in [0.1, 0.15) is 5.75 Å². The lowest BCUT2D eigenvalue weighted by atomic mass is 10.2. The smallest absolute Gasteiger partial charge is 0.416 e. The molecule has 1 N–H and O–H groups in total. The van der Waals surface area contributed by atoms with Crippen molar-refractivity contribution in [1.29, 1.82) is 0 Å². The summed E-state index contributed by atoms with van der Waals surface area (Å²) in [7, 11) is 0. The molecular weight excluding hydrogens is 477 g/mol. The highest BCUT2D eigenvalue weighted by Gasteiger charge is 2.30. The lowest BCUT2D eigenvalue weighted by Crippen LogP contribution is -2.24. The van der Waals surface area contributed by atoms with Gasteiger partial charge in [-0.3, -0.25) is 4.79 Å². The first-order chi connectivity index (χ1) is 15.8. The summed E-state index contributed by atoms with van der Waals surface area (Å²) in [6.45, 7) is 0.170. The molecule has 0 aliphatic carbocycles. The molecule has 0 atom stereocenters. The molecule has 2 aromatic heterocycles. The number of para-hydroxylation sites is 1. The maximum Gasteiger partial charge on any atom is 0.573 e. The monoisotopic (exact) mass is 494 g/mol. The number of carbonyl (C=O) groups is 1. The number of aryl methyl sites for hydroxylation is 2. The first-order valence-electron chi connectivity index (χ1n) is 9.75. The number of carbonyl (C=O) groups excluding carboxylic acids is 1. The highest BCUT2D eigenvalue weighted by molar-refractivity contribution is 7.99. The van der Waals surface area contributed by atoms with Gasteiger partial charge in [-0.05, 0) is 29.8 Å². The van der Waals surface area contributed by atoms with E-state index in [2.05, 4.69) is 25.2 Å². The Hall–Kier alpha value is -3.12. The number of benzene rings is 2. The number of thioether (sulfide) groups is 1. The third-order valence-electron chi connectivity index (χ3n) is 4.31. The van der Waals surface area contributed by atoms with E-state index >= 15 is 0 Å². The number of nitrogens with zero attached hydrogens (tertiary/aromatic N) is 3. The van der Waals surface area contributed by atoms with E-state index in [1.807, 2.05) is 24.3 Å². The van der Waals surface area contributed by atoms with Crippen LogP contribution in [-0.2, 0) is 24.2 Å². The van der Waals surface area contributed by atoms with Crippen LogP contribution in [0.2, 0.25) is 0 Å². The van der Waals surface area contributed by atoms with Crippen LogP contribution in [0.25, 0.3) is 10.2 Å². The van der Waals surface area contributed by atoms with Gasteiger partial charge in [-0.15, -0.1) is 34.7 Å². The third kappa shape index (κ3) is 6.93. The summed E-state index contributed by atoms with van der Waals surface area (Å²) >= 11 is 2.74. The fraction of sp³-hybridized carbons (Fsp3) is 0.238. The molecule has 172 valence electrons. The largest absolute Gasteiger partial charge is 0.573 e. The molecule has 0 bridgehead atoms. The van der Waals surface area contributed by atoms with Crippen LogP contribution in [0.1, 0.15) is 16.5 Å². The van der Waals surface area contributed by atoms with Gasteiger partial charge < -0.3 is 14.5 Å². The maximum atomic E-state index is 12.2.